The van der Waals surface area contributed by atoms with Crippen molar-refractivity contribution >= 4 is 15.9 Å². The quantitative estimate of drug-likeness (QED) is 0.880. The van der Waals surface area contributed by atoms with Gasteiger partial charge in [-0.2, -0.15) is 0 Å². The molecule has 0 fully saturated rings. The van der Waals surface area contributed by atoms with E-state index in [1.807, 2.05) is 25.5 Å². The van der Waals surface area contributed by atoms with Crippen LogP contribution in [0.5, 0.6) is 0 Å². The van der Waals surface area contributed by atoms with Crippen LogP contribution in [-0.2, 0) is 12.8 Å². The largest absolute Gasteiger partial charge is 0.317 e. The molecule has 1 atom stereocenters. The highest BCUT2D eigenvalue weighted by Crippen LogP contribution is 2.14. The topological polar surface area (TPSA) is 24.9 Å². The number of hydrogen-bond acceptors (Lipinski definition) is 2. The highest BCUT2D eigenvalue weighted by Gasteiger charge is 2.08. The third-order valence-corrected chi connectivity index (χ3v) is 3.78. The van der Waals surface area contributed by atoms with Crippen LogP contribution in [-0.4, -0.2) is 18.1 Å². The summed E-state index contributed by atoms with van der Waals surface area (Å²) in [6.45, 7) is 0. The molecule has 0 saturated heterocycles. The van der Waals surface area contributed by atoms with E-state index in [0.29, 0.717) is 6.04 Å². The fraction of sp³-hybridized carbons (Fsp3) is 0.312. The first kappa shape index (κ1) is 14.2. The SMILES string of the molecule is CNC(CCc1cccnc1)Cc1cccc(Br)c1. The number of hydrogen-bond donors (Lipinski definition) is 1. The van der Waals surface area contributed by atoms with Crippen LogP contribution in [0.2, 0.25) is 0 Å². The predicted octanol–water partition coefficient (Wildman–Crippen LogP) is 3.61. The molecule has 1 aromatic heterocycles. The highest BCUT2D eigenvalue weighted by molar-refractivity contribution is 9.10. The van der Waals surface area contributed by atoms with Crippen LogP contribution in [0.3, 0.4) is 0 Å². The first-order valence-corrected chi connectivity index (χ1v) is 7.38. The maximum atomic E-state index is 4.16. The Bertz CT molecular complexity index is 499. The molecular weight excluding hydrogens is 300 g/mol. The van der Waals surface area contributed by atoms with Crippen molar-refractivity contribution in [3.8, 4) is 0 Å². The van der Waals surface area contributed by atoms with Crippen LogP contribution in [0, 0.1) is 0 Å². The average Bonchev–Trinajstić information content (AvgIpc) is 2.44. The molecule has 0 bridgehead atoms. The molecule has 2 aromatic rings. The zero-order valence-corrected chi connectivity index (χ0v) is 12.7. The van der Waals surface area contributed by atoms with E-state index in [1.54, 1.807) is 0 Å². The first-order valence-electron chi connectivity index (χ1n) is 6.58. The van der Waals surface area contributed by atoms with Gasteiger partial charge in [0.2, 0.25) is 0 Å². The summed E-state index contributed by atoms with van der Waals surface area (Å²) in [5.41, 5.74) is 2.66. The molecule has 0 aliphatic rings. The number of likely N-dealkylation sites (N-methyl/N-ethyl adjacent to an activating group) is 1. The molecule has 100 valence electrons. The van der Waals surface area contributed by atoms with Crippen molar-refractivity contribution in [3.63, 3.8) is 0 Å². The maximum absolute atomic E-state index is 4.16. The zero-order valence-electron chi connectivity index (χ0n) is 11.1. The monoisotopic (exact) mass is 318 g/mol. The molecule has 1 N–H and O–H groups in total. The lowest BCUT2D eigenvalue weighted by atomic mass is 10.00. The number of aromatic nitrogens is 1. The lowest BCUT2D eigenvalue weighted by molar-refractivity contribution is 0.520. The van der Waals surface area contributed by atoms with E-state index in [9.17, 15) is 0 Å². The molecule has 1 unspecified atom stereocenters. The molecule has 0 saturated carbocycles. The Kier molecular flexibility index (Phi) is 5.55. The van der Waals surface area contributed by atoms with Gasteiger partial charge in [-0.1, -0.05) is 34.1 Å². The maximum Gasteiger partial charge on any atom is 0.0299 e. The second-order valence-corrected chi connectivity index (χ2v) is 5.64. The van der Waals surface area contributed by atoms with E-state index in [2.05, 4.69) is 56.6 Å². The van der Waals surface area contributed by atoms with Crippen molar-refractivity contribution in [2.75, 3.05) is 7.05 Å². The molecule has 2 rings (SSSR count). The molecular formula is C16H19BrN2. The number of pyridine rings is 1. The Morgan fingerprint density at radius 1 is 1.21 bits per heavy atom. The van der Waals surface area contributed by atoms with E-state index in [0.717, 1.165) is 23.7 Å². The van der Waals surface area contributed by atoms with Crippen LogP contribution in [0.1, 0.15) is 17.5 Å². The van der Waals surface area contributed by atoms with Crippen molar-refractivity contribution in [1.29, 1.82) is 0 Å². The van der Waals surface area contributed by atoms with Crippen LogP contribution < -0.4 is 5.32 Å². The molecule has 19 heavy (non-hydrogen) atoms. The summed E-state index contributed by atoms with van der Waals surface area (Å²) in [5.74, 6) is 0. The number of aryl methyl sites for hydroxylation is 1. The molecule has 0 radical (unpaired) electrons. The van der Waals surface area contributed by atoms with Crippen molar-refractivity contribution in [3.05, 3.63) is 64.4 Å². The molecule has 1 aromatic carbocycles. The van der Waals surface area contributed by atoms with Crippen LogP contribution in [0.15, 0.2) is 53.3 Å². The van der Waals surface area contributed by atoms with Crippen molar-refractivity contribution < 1.29 is 0 Å². The number of halogens is 1. The van der Waals surface area contributed by atoms with E-state index in [1.165, 1.54) is 11.1 Å². The number of nitrogens with zero attached hydrogens (tertiary/aromatic N) is 1. The summed E-state index contributed by atoms with van der Waals surface area (Å²) in [4.78, 5) is 4.16. The van der Waals surface area contributed by atoms with Crippen molar-refractivity contribution in [2.24, 2.45) is 0 Å². The summed E-state index contributed by atoms with van der Waals surface area (Å²) in [7, 11) is 2.03. The summed E-state index contributed by atoms with van der Waals surface area (Å²) < 4.78 is 1.15. The van der Waals surface area contributed by atoms with Crippen molar-refractivity contribution in [1.82, 2.24) is 10.3 Å². The van der Waals surface area contributed by atoms with Gasteiger partial charge in [-0.25, -0.2) is 0 Å². The number of benzene rings is 1. The predicted molar refractivity (Wildman–Crippen MR) is 83.3 cm³/mol. The van der Waals surface area contributed by atoms with Gasteiger partial charge >= 0.3 is 0 Å². The van der Waals surface area contributed by atoms with E-state index < -0.39 is 0 Å². The minimum Gasteiger partial charge on any atom is -0.317 e. The third kappa shape index (κ3) is 4.77. The molecule has 0 aliphatic carbocycles. The number of nitrogens with one attached hydrogen (secondary N) is 1. The summed E-state index contributed by atoms with van der Waals surface area (Å²) >= 11 is 3.52. The fourth-order valence-corrected chi connectivity index (χ4v) is 2.63. The normalized spacial score (nSPS) is 12.3. The summed E-state index contributed by atoms with van der Waals surface area (Å²) in [6.07, 6.45) is 7.00. The Morgan fingerprint density at radius 2 is 2.05 bits per heavy atom. The Balaban J connectivity index is 1.90. The lowest BCUT2D eigenvalue weighted by Gasteiger charge is -2.16. The van der Waals surface area contributed by atoms with Gasteiger partial charge in [0.15, 0.2) is 0 Å². The van der Waals surface area contributed by atoms with E-state index >= 15 is 0 Å². The molecule has 0 amide bonds. The van der Waals surface area contributed by atoms with Crippen LogP contribution in [0.25, 0.3) is 0 Å². The zero-order chi connectivity index (χ0) is 13.5. The van der Waals surface area contributed by atoms with Crippen LogP contribution >= 0.6 is 15.9 Å². The lowest BCUT2D eigenvalue weighted by Crippen LogP contribution is -2.28. The van der Waals surface area contributed by atoms with Gasteiger partial charge in [0, 0.05) is 22.9 Å². The van der Waals surface area contributed by atoms with Gasteiger partial charge in [0.25, 0.3) is 0 Å². The smallest absolute Gasteiger partial charge is 0.0299 e. The molecule has 3 heteroatoms. The van der Waals surface area contributed by atoms with E-state index in [4.69, 9.17) is 0 Å². The fourth-order valence-electron chi connectivity index (χ4n) is 2.18. The second-order valence-electron chi connectivity index (χ2n) is 4.72. The van der Waals surface area contributed by atoms with Gasteiger partial charge in [-0.05, 0) is 55.6 Å². The van der Waals surface area contributed by atoms with Gasteiger partial charge < -0.3 is 5.32 Å². The first-order chi connectivity index (χ1) is 9.28. The van der Waals surface area contributed by atoms with E-state index in [-0.39, 0.29) is 0 Å². The minimum atomic E-state index is 0.495. The van der Waals surface area contributed by atoms with Gasteiger partial charge in [0.05, 0.1) is 0 Å². The second kappa shape index (κ2) is 7.41. The van der Waals surface area contributed by atoms with Crippen LogP contribution in [0.4, 0.5) is 0 Å². The molecule has 0 spiro atoms. The van der Waals surface area contributed by atoms with Gasteiger partial charge in [-0.15, -0.1) is 0 Å². The Morgan fingerprint density at radius 3 is 2.74 bits per heavy atom. The summed E-state index contributed by atoms with van der Waals surface area (Å²) in [5, 5.41) is 3.40. The molecule has 0 aliphatic heterocycles. The third-order valence-electron chi connectivity index (χ3n) is 3.28. The number of rotatable bonds is 6. The Hall–Kier alpha value is -1.19. The average molecular weight is 319 g/mol. The molecule has 2 nitrogen and oxygen atoms in total. The van der Waals surface area contributed by atoms with Gasteiger partial charge in [0.1, 0.15) is 0 Å². The minimum absolute atomic E-state index is 0.495. The Labute approximate surface area is 123 Å². The standard InChI is InChI=1S/C16H19BrN2/c1-18-16(8-7-13-5-3-9-19-12-13)11-14-4-2-6-15(17)10-14/h2-6,9-10,12,16,18H,7-8,11H2,1H3. The highest BCUT2D eigenvalue weighted by atomic mass is 79.9. The van der Waals surface area contributed by atoms with Gasteiger partial charge in [-0.3, -0.25) is 4.98 Å². The summed E-state index contributed by atoms with van der Waals surface area (Å²) in [6, 6.07) is 13.2. The van der Waals surface area contributed by atoms with Crippen molar-refractivity contribution in [2.45, 2.75) is 25.3 Å². The molecule has 1 heterocycles.